The lowest BCUT2D eigenvalue weighted by Crippen LogP contribution is -2.41. The summed E-state index contributed by atoms with van der Waals surface area (Å²) in [6.07, 6.45) is 3.21. The number of nitrogens with one attached hydrogen (secondary N) is 1. The number of rotatable bonds is 8. The normalized spacial score (nSPS) is 22.9. The van der Waals surface area contributed by atoms with Crippen LogP contribution in [-0.2, 0) is 4.79 Å². The van der Waals surface area contributed by atoms with Gasteiger partial charge < -0.3 is 11.1 Å². The number of likely N-dealkylation sites (N-methyl/N-ethyl adjacent to an activating group) is 1. The van der Waals surface area contributed by atoms with E-state index in [-0.39, 0.29) is 17.9 Å². The molecule has 0 saturated heterocycles. The van der Waals surface area contributed by atoms with E-state index >= 15 is 0 Å². The number of hydrogen-bond donors (Lipinski definition) is 2. The lowest BCUT2D eigenvalue weighted by molar-refractivity contribution is -0.126. The van der Waals surface area contributed by atoms with Crippen LogP contribution in [0.25, 0.3) is 0 Å². The fourth-order valence-electron chi connectivity index (χ4n) is 3.58. The van der Waals surface area contributed by atoms with Gasteiger partial charge in [-0.1, -0.05) is 20.3 Å². The topological polar surface area (TPSA) is 58.4 Å². The minimum atomic E-state index is 0.116. The fraction of sp³-hybridized carbons (Fsp3) is 0.706. The van der Waals surface area contributed by atoms with Gasteiger partial charge in [0.2, 0.25) is 5.91 Å². The molecule has 0 radical (unpaired) electrons. The molecule has 3 N–H and O–H groups in total. The Hall–Kier alpha value is -0.910. The molecule has 1 aromatic heterocycles. The Morgan fingerprint density at radius 1 is 1.45 bits per heavy atom. The van der Waals surface area contributed by atoms with Gasteiger partial charge in [-0.05, 0) is 60.8 Å². The smallest absolute Gasteiger partial charge is 0.223 e. The summed E-state index contributed by atoms with van der Waals surface area (Å²) < 4.78 is 0. The Morgan fingerprint density at radius 3 is 2.82 bits per heavy atom. The second-order valence-electron chi connectivity index (χ2n) is 6.07. The first-order valence-corrected chi connectivity index (χ1v) is 9.39. The van der Waals surface area contributed by atoms with Crippen LogP contribution in [0.1, 0.15) is 44.7 Å². The van der Waals surface area contributed by atoms with E-state index in [0.29, 0.717) is 19.0 Å². The second-order valence-corrected chi connectivity index (χ2v) is 6.85. The Bertz CT molecular complexity index is 445. The van der Waals surface area contributed by atoms with Gasteiger partial charge in [0, 0.05) is 12.5 Å². The van der Waals surface area contributed by atoms with E-state index < -0.39 is 0 Å². The third-order valence-electron chi connectivity index (χ3n) is 4.95. The summed E-state index contributed by atoms with van der Waals surface area (Å²) in [4.78, 5) is 14.9. The molecular weight excluding hydrogens is 294 g/mol. The molecular formula is C17H29N3OS. The maximum atomic E-state index is 12.5. The average molecular weight is 324 g/mol. The minimum Gasteiger partial charge on any atom is -0.354 e. The maximum Gasteiger partial charge on any atom is 0.223 e. The summed E-state index contributed by atoms with van der Waals surface area (Å²) in [7, 11) is 0. The molecule has 1 fully saturated rings. The SMILES string of the molecule is CCN(CC)C(CNC(=O)[C@@H]1CCC[C@@H]1CN)c1ccsc1. The minimum absolute atomic E-state index is 0.116. The van der Waals surface area contributed by atoms with Crippen LogP contribution < -0.4 is 11.1 Å². The highest BCUT2D eigenvalue weighted by Crippen LogP contribution is 2.31. The van der Waals surface area contributed by atoms with Gasteiger partial charge in [-0.15, -0.1) is 0 Å². The van der Waals surface area contributed by atoms with Gasteiger partial charge in [-0.3, -0.25) is 9.69 Å². The highest BCUT2D eigenvalue weighted by atomic mass is 32.1. The van der Waals surface area contributed by atoms with Crippen molar-refractivity contribution >= 4 is 17.2 Å². The van der Waals surface area contributed by atoms with Gasteiger partial charge in [-0.2, -0.15) is 11.3 Å². The third kappa shape index (κ3) is 4.09. The van der Waals surface area contributed by atoms with Crippen molar-refractivity contribution in [3.8, 4) is 0 Å². The molecule has 4 nitrogen and oxygen atoms in total. The largest absolute Gasteiger partial charge is 0.354 e. The number of amides is 1. The monoisotopic (exact) mass is 323 g/mol. The van der Waals surface area contributed by atoms with Crippen molar-refractivity contribution in [3.63, 3.8) is 0 Å². The molecule has 22 heavy (non-hydrogen) atoms. The van der Waals surface area contributed by atoms with Crippen LogP contribution in [0.3, 0.4) is 0 Å². The van der Waals surface area contributed by atoms with Crippen molar-refractivity contribution in [3.05, 3.63) is 22.4 Å². The molecule has 124 valence electrons. The third-order valence-corrected chi connectivity index (χ3v) is 5.65. The number of thiophene rings is 1. The molecule has 0 aromatic carbocycles. The van der Waals surface area contributed by atoms with E-state index in [1.165, 1.54) is 5.56 Å². The van der Waals surface area contributed by atoms with Gasteiger partial charge in [-0.25, -0.2) is 0 Å². The van der Waals surface area contributed by atoms with Crippen LogP contribution in [0.15, 0.2) is 16.8 Å². The molecule has 0 spiro atoms. The molecule has 0 bridgehead atoms. The first-order valence-electron chi connectivity index (χ1n) is 8.45. The lowest BCUT2D eigenvalue weighted by Gasteiger charge is -2.30. The van der Waals surface area contributed by atoms with Crippen LogP contribution in [0.4, 0.5) is 0 Å². The molecule has 1 aliphatic carbocycles. The van der Waals surface area contributed by atoms with E-state index in [1.54, 1.807) is 11.3 Å². The standard InChI is InChI=1S/C17H29N3OS/c1-3-20(4-2)16(14-8-9-22-12-14)11-19-17(21)15-7-5-6-13(15)10-18/h8-9,12-13,15-16H,3-7,10-11,18H2,1-2H3,(H,19,21)/t13-,15-,16?/m1/s1. The van der Waals surface area contributed by atoms with E-state index in [2.05, 4.69) is 40.9 Å². The Kier molecular flexibility index (Phi) is 6.86. The fourth-order valence-corrected chi connectivity index (χ4v) is 4.29. The molecule has 1 heterocycles. The molecule has 1 amide bonds. The zero-order chi connectivity index (χ0) is 15.9. The molecule has 0 aliphatic heterocycles. The first-order chi connectivity index (χ1) is 10.7. The molecule has 2 rings (SSSR count). The molecule has 1 saturated carbocycles. The van der Waals surface area contributed by atoms with Gasteiger partial charge in [0.05, 0.1) is 6.04 Å². The summed E-state index contributed by atoms with van der Waals surface area (Å²) in [5.74, 6) is 0.679. The zero-order valence-corrected chi connectivity index (χ0v) is 14.6. The molecule has 5 heteroatoms. The van der Waals surface area contributed by atoms with Gasteiger partial charge >= 0.3 is 0 Å². The van der Waals surface area contributed by atoms with E-state index in [4.69, 9.17) is 5.73 Å². The van der Waals surface area contributed by atoms with Gasteiger partial charge in [0.1, 0.15) is 0 Å². The predicted molar refractivity (Wildman–Crippen MR) is 92.9 cm³/mol. The predicted octanol–water partition coefficient (Wildman–Crippen LogP) is 2.62. The van der Waals surface area contributed by atoms with Crippen LogP contribution in [0.5, 0.6) is 0 Å². The number of carbonyl (C=O) groups is 1. The van der Waals surface area contributed by atoms with Crippen molar-refractivity contribution in [2.75, 3.05) is 26.2 Å². The number of nitrogens with two attached hydrogens (primary N) is 1. The number of carbonyl (C=O) groups excluding carboxylic acids is 1. The van der Waals surface area contributed by atoms with E-state index in [0.717, 1.165) is 32.4 Å². The molecule has 3 atom stereocenters. The summed E-state index contributed by atoms with van der Waals surface area (Å²) in [6, 6.07) is 2.43. The Morgan fingerprint density at radius 2 is 2.23 bits per heavy atom. The highest BCUT2D eigenvalue weighted by Gasteiger charge is 2.32. The van der Waals surface area contributed by atoms with Crippen LogP contribution >= 0.6 is 11.3 Å². The number of hydrogen-bond acceptors (Lipinski definition) is 4. The quantitative estimate of drug-likeness (QED) is 0.773. The summed E-state index contributed by atoms with van der Waals surface area (Å²) >= 11 is 1.71. The van der Waals surface area contributed by atoms with E-state index in [1.807, 2.05) is 0 Å². The lowest BCUT2D eigenvalue weighted by atomic mass is 9.95. The summed E-state index contributed by atoms with van der Waals surface area (Å²) in [5, 5.41) is 7.49. The highest BCUT2D eigenvalue weighted by molar-refractivity contribution is 7.07. The van der Waals surface area contributed by atoms with Crippen molar-refractivity contribution in [2.24, 2.45) is 17.6 Å². The van der Waals surface area contributed by atoms with Gasteiger partial charge in [0.25, 0.3) is 0 Å². The zero-order valence-electron chi connectivity index (χ0n) is 13.8. The first kappa shape index (κ1) is 17.4. The van der Waals surface area contributed by atoms with E-state index in [9.17, 15) is 4.79 Å². The molecule has 1 aliphatic rings. The summed E-state index contributed by atoms with van der Waals surface area (Å²) in [6.45, 7) is 7.63. The van der Waals surface area contributed by atoms with Crippen molar-refractivity contribution in [1.29, 1.82) is 0 Å². The number of nitrogens with zero attached hydrogens (tertiary/aromatic N) is 1. The van der Waals surface area contributed by atoms with Crippen molar-refractivity contribution in [1.82, 2.24) is 10.2 Å². The maximum absolute atomic E-state index is 12.5. The van der Waals surface area contributed by atoms with Gasteiger partial charge in [0.15, 0.2) is 0 Å². The average Bonchev–Trinajstić information content (AvgIpc) is 3.21. The second kappa shape index (κ2) is 8.65. The Labute approximate surface area is 138 Å². The van der Waals surface area contributed by atoms with Crippen molar-refractivity contribution < 1.29 is 4.79 Å². The Balaban J connectivity index is 1.97. The van der Waals surface area contributed by atoms with Crippen molar-refractivity contribution in [2.45, 2.75) is 39.2 Å². The summed E-state index contributed by atoms with van der Waals surface area (Å²) in [5.41, 5.74) is 7.10. The molecule has 1 aromatic rings. The van der Waals surface area contributed by atoms with Crippen LogP contribution in [-0.4, -0.2) is 37.0 Å². The van der Waals surface area contributed by atoms with Crippen LogP contribution in [0.2, 0.25) is 0 Å². The van der Waals surface area contributed by atoms with Crippen LogP contribution in [0, 0.1) is 11.8 Å². The molecule has 1 unspecified atom stereocenters.